The minimum Gasteiger partial charge on any atom is -0.489 e. The van der Waals surface area contributed by atoms with Gasteiger partial charge in [0.2, 0.25) is 0 Å². The van der Waals surface area contributed by atoms with Crippen LogP contribution in [0.2, 0.25) is 0 Å². The molecule has 0 heterocycles. The molecule has 0 spiro atoms. The molecule has 0 unspecified atom stereocenters. The standard InChI is InChI=1S/C20H25NO3/c1-6-16-8-7-9-18(21-20(22)23-5)17(16)12-24-19-11-14(3)13(2)10-15(19)4/h7-11H,6,12H2,1-5H3,(H,21,22). The molecule has 2 rings (SSSR count). The molecule has 2 aromatic carbocycles. The number of rotatable bonds is 5. The molecule has 0 aromatic heterocycles. The number of carbonyl (C=O) groups excluding carboxylic acids is 1. The molecule has 0 aliphatic heterocycles. The van der Waals surface area contributed by atoms with Crippen LogP contribution in [0.25, 0.3) is 0 Å². The first-order chi connectivity index (χ1) is 11.5. The van der Waals surface area contributed by atoms with Crippen LogP contribution in [0, 0.1) is 20.8 Å². The molecule has 2 aromatic rings. The van der Waals surface area contributed by atoms with Gasteiger partial charge >= 0.3 is 6.09 Å². The molecule has 0 atom stereocenters. The topological polar surface area (TPSA) is 47.6 Å². The third-order valence-corrected chi connectivity index (χ3v) is 4.24. The van der Waals surface area contributed by atoms with Gasteiger partial charge in [0.1, 0.15) is 12.4 Å². The Labute approximate surface area is 143 Å². The number of anilines is 1. The van der Waals surface area contributed by atoms with Gasteiger partial charge in [0.05, 0.1) is 12.8 Å². The lowest BCUT2D eigenvalue weighted by molar-refractivity contribution is 0.187. The minimum absolute atomic E-state index is 0.396. The van der Waals surface area contributed by atoms with Gasteiger partial charge in [-0.1, -0.05) is 25.1 Å². The summed E-state index contributed by atoms with van der Waals surface area (Å²) in [6, 6.07) is 10.0. The van der Waals surface area contributed by atoms with Gasteiger partial charge in [-0.25, -0.2) is 4.79 Å². The Bertz CT molecular complexity index is 738. The summed E-state index contributed by atoms with van der Waals surface area (Å²) in [7, 11) is 1.35. The number of amides is 1. The summed E-state index contributed by atoms with van der Waals surface area (Å²) in [4.78, 5) is 11.6. The molecule has 4 nitrogen and oxygen atoms in total. The van der Waals surface area contributed by atoms with E-state index in [1.807, 2.05) is 19.1 Å². The fraction of sp³-hybridized carbons (Fsp3) is 0.350. The van der Waals surface area contributed by atoms with Gasteiger partial charge in [-0.2, -0.15) is 0 Å². The third kappa shape index (κ3) is 4.07. The Hall–Kier alpha value is -2.49. The lowest BCUT2D eigenvalue weighted by atomic mass is 10.0. The van der Waals surface area contributed by atoms with Crippen molar-refractivity contribution < 1.29 is 14.3 Å². The van der Waals surface area contributed by atoms with Crippen molar-refractivity contribution in [2.75, 3.05) is 12.4 Å². The number of carbonyl (C=O) groups is 1. The summed E-state index contributed by atoms with van der Waals surface area (Å²) in [5.41, 5.74) is 6.40. The van der Waals surface area contributed by atoms with Crippen LogP contribution >= 0.6 is 0 Å². The van der Waals surface area contributed by atoms with Gasteiger partial charge in [0, 0.05) is 5.56 Å². The second-order valence-corrected chi connectivity index (χ2v) is 5.90. The maximum absolute atomic E-state index is 11.6. The lowest BCUT2D eigenvalue weighted by Gasteiger charge is -2.17. The van der Waals surface area contributed by atoms with Crippen LogP contribution < -0.4 is 10.1 Å². The highest BCUT2D eigenvalue weighted by atomic mass is 16.5. The van der Waals surface area contributed by atoms with E-state index >= 15 is 0 Å². The Morgan fingerprint density at radius 3 is 2.46 bits per heavy atom. The van der Waals surface area contributed by atoms with Crippen molar-refractivity contribution in [1.82, 2.24) is 0 Å². The van der Waals surface area contributed by atoms with Gasteiger partial charge in [-0.05, 0) is 61.6 Å². The molecule has 1 N–H and O–H groups in total. The molecule has 128 valence electrons. The van der Waals surface area contributed by atoms with Gasteiger partial charge < -0.3 is 9.47 Å². The van der Waals surface area contributed by atoms with Crippen molar-refractivity contribution in [3.05, 3.63) is 58.1 Å². The first-order valence-corrected chi connectivity index (χ1v) is 8.12. The van der Waals surface area contributed by atoms with Crippen LogP contribution in [-0.4, -0.2) is 13.2 Å². The van der Waals surface area contributed by atoms with Gasteiger partial charge in [0.15, 0.2) is 0 Å². The van der Waals surface area contributed by atoms with Crippen LogP contribution in [0.3, 0.4) is 0 Å². The summed E-state index contributed by atoms with van der Waals surface area (Å²) in [6.45, 7) is 8.69. The third-order valence-electron chi connectivity index (χ3n) is 4.24. The highest BCUT2D eigenvalue weighted by Crippen LogP contribution is 2.27. The zero-order valence-electron chi connectivity index (χ0n) is 15.0. The predicted octanol–water partition coefficient (Wildman–Crippen LogP) is 4.93. The molecule has 0 bridgehead atoms. The number of hydrogen-bond acceptors (Lipinski definition) is 3. The van der Waals surface area contributed by atoms with Gasteiger partial charge in [-0.15, -0.1) is 0 Å². The Balaban J connectivity index is 2.28. The Kier molecular flexibility index (Phi) is 5.85. The number of hydrogen-bond donors (Lipinski definition) is 1. The van der Waals surface area contributed by atoms with Crippen molar-refractivity contribution in [2.45, 2.75) is 40.7 Å². The quantitative estimate of drug-likeness (QED) is 0.847. The first-order valence-electron chi connectivity index (χ1n) is 8.12. The maximum Gasteiger partial charge on any atom is 0.411 e. The van der Waals surface area contributed by atoms with E-state index in [-0.39, 0.29) is 0 Å². The fourth-order valence-electron chi connectivity index (χ4n) is 2.65. The number of ether oxygens (including phenoxy) is 2. The number of aryl methyl sites for hydroxylation is 4. The van der Waals surface area contributed by atoms with E-state index in [1.54, 1.807) is 0 Å². The van der Waals surface area contributed by atoms with E-state index in [9.17, 15) is 4.79 Å². The zero-order valence-corrected chi connectivity index (χ0v) is 15.0. The Morgan fingerprint density at radius 2 is 1.79 bits per heavy atom. The number of nitrogens with one attached hydrogen (secondary N) is 1. The van der Waals surface area contributed by atoms with E-state index in [2.05, 4.69) is 44.3 Å². The molecular formula is C20H25NO3. The smallest absolute Gasteiger partial charge is 0.411 e. The molecule has 0 fully saturated rings. The summed E-state index contributed by atoms with van der Waals surface area (Å²) in [5.74, 6) is 0.869. The SMILES string of the molecule is CCc1cccc(NC(=O)OC)c1COc1cc(C)c(C)cc1C. The first kappa shape index (κ1) is 17.9. The monoisotopic (exact) mass is 327 g/mol. The number of methoxy groups -OCH3 is 1. The molecule has 0 aliphatic rings. The van der Waals surface area contributed by atoms with Gasteiger partial charge in [-0.3, -0.25) is 5.32 Å². The fourth-order valence-corrected chi connectivity index (χ4v) is 2.65. The van der Waals surface area contributed by atoms with Crippen molar-refractivity contribution in [1.29, 1.82) is 0 Å². The molecule has 0 radical (unpaired) electrons. The predicted molar refractivity (Wildman–Crippen MR) is 96.8 cm³/mol. The zero-order chi connectivity index (χ0) is 17.7. The lowest BCUT2D eigenvalue weighted by Crippen LogP contribution is -2.14. The maximum atomic E-state index is 11.6. The van der Waals surface area contributed by atoms with Crippen LogP contribution in [-0.2, 0) is 17.8 Å². The van der Waals surface area contributed by atoms with Crippen molar-refractivity contribution in [3.8, 4) is 5.75 Å². The molecule has 0 saturated heterocycles. The summed E-state index contributed by atoms with van der Waals surface area (Å²) >= 11 is 0. The average Bonchev–Trinajstić information content (AvgIpc) is 2.57. The van der Waals surface area contributed by atoms with E-state index in [4.69, 9.17) is 9.47 Å². The van der Waals surface area contributed by atoms with E-state index in [0.29, 0.717) is 6.61 Å². The van der Waals surface area contributed by atoms with Crippen molar-refractivity contribution in [3.63, 3.8) is 0 Å². The second kappa shape index (κ2) is 7.86. The molecule has 24 heavy (non-hydrogen) atoms. The average molecular weight is 327 g/mol. The van der Waals surface area contributed by atoms with Crippen LogP contribution in [0.5, 0.6) is 5.75 Å². The largest absolute Gasteiger partial charge is 0.489 e. The molecule has 0 aliphatic carbocycles. The van der Waals surface area contributed by atoms with E-state index in [0.717, 1.165) is 34.5 Å². The van der Waals surface area contributed by atoms with Gasteiger partial charge in [0.25, 0.3) is 0 Å². The molecular weight excluding hydrogens is 302 g/mol. The number of benzene rings is 2. The summed E-state index contributed by atoms with van der Waals surface area (Å²) in [6.07, 6.45) is 0.383. The highest BCUT2D eigenvalue weighted by molar-refractivity contribution is 5.85. The second-order valence-electron chi connectivity index (χ2n) is 5.90. The minimum atomic E-state index is -0.480. The van der Waals surface area contributed by atoms with E-state index in [1.165, 1.54) is 18.2 Å². The van der Waals surface area contributed by atoms with Crippen molar-refractivity contribution in [2.24, 2.45) is 0 Å². The summed E-state index contributed by atoms with van der Waals surface area (Å²) in [5, 5.41) is 2.77. The normalized spacial score (nSPS) is 10.4. The van der Waals surface area contributed by atoms with E-state index < -0.39 is 6.09 Å². The van der Waals surface area contributed by atoms with Crippen LogP contribution in [0.4, 0.5) is 10.5 Å². The molecule has 4 heteroatoms. The highest BCUT2D eigenvalue weighted by Gasteiger charge is 2.12. The molecule has 1 amide bonds. The van der Waals surface area contributed by atoms with Crippen LogP contribution in [0.1, 0.15) is 34.7 Å². The summed E-state index contributed by atoms with van der Waals surface area (Å²) < 4.78 is 10.8. The Morgan fingerprint density at radius 1 is 1.08 bits per heavy atom. The van der Waals surface area contributed by atoms with Crippen LogP contribution in [0.15, 0.2) is 30.3 Å². The van der Waals surface area contributed by atoms with Crippen molar-refractivity contribution >= 4 is 11.8 Å². The molecule has 0 saturated carbocycles.